The van der Waals surface area contributed by atoms with Crippen molar-refractivity contribution in [2.24, 2.45) is 0 Å². The second-order valence-corrected chi connectivity index (χ2v) is 4.78. The number of phenols is 3. The molecule has 21 heavy (non-hydrogen) atoms. The van der Waals surface area contributed by atoms with Gasteiger partial charge in [-0.2, -0.15) is 0 Å². The van der Waals surface area contributed by atoms with Crippen LogP contribution in [0.2, 0.25) is 0 Å². The third-order valence-electron chi connectivity index (χ3n) is 3.37. The summed E-state index contributed by atoms with van der Waals surface area (Å²) >= 11 is 0. The van der Waals surface area contributed by atoms with Gasteiger partial charge in [-0.1, -0.05) is 6.07 Å². The van der Waals surface area contributed by atoms with Crippen LogP contribution in [0, 0.1) is 0 Å². The first-order chi connectivity index (χ1) is 9.97. The van der Waals surface area contributed by atoms with Crippen molar-refractivity contribution in [2.45, 2.75) is 12.2 Å². The van der Waals surface area contributed by atoms with E-state index in [1.54, 1.807) is 0 Å². The summed E-state index contributed by atoms with van der Waals surface area (Å²) in [6.07, 6.45) is -2.47. The topological polar surface area (TPSA) is 107 Å². The van der Waals surface area contributed by atoms with Gasteiger partial charge >= 0.3 is 0 Å². The van der Waals surface area contributed by atoms with Crippen LogP contribution in [0.25, 0.3) is 0 Å². The Morgan fingerprint density at radius 2 is 1.71 bits per heavy atom. The molecule has 0 bridgehead atoms. The SMILES string of the molecule is O=C1c2ccc(O)cc2OC(c2ccc(O)c(O)c2)[C@H]1O. The third kappa shape index (κ3) is 2.15. The van der Waals surface area contributed by atoms with Gasteiger partial charge in [-0.15, -0.1) is 0 Å². The number of aliphatic hydroxyl groups is 1. The smallest absolute Gasteiger partial charge is 0.199 e. The molecule has 1 aliphatic rings. The van der Waals surface area contributed by atoms with Crippen LogP contribution < -0.4 is 4.74 Å². The van der Waals surface area contributed by atoms with Crippen molar-refractivity contribution in [3.05, 3.63) is 47.5 Å². The fourth-order valence-electron chi connectivity index (χ4n) is 2.28. The zero-order valence-corrected chi connectivity index (χ0v) is 10.7. The standard InChI is InChI=1S/C15H12O6/c16-8-2-3-9-12(6-8)21-15(14(20)13(9)19)7-1-4-10(17)11(18)5-7/h1-6,14-18,20H/t14-,15?/m0/s1. The first-order valence-electron chi connectivity index (χ1n) is 6.21. The largest absolute Gasteiger partial charge is 0.508 e. The highest BCUT2D eigenvalue weighted by Gasteiger charge is 2.37. The number of carbonyl (C=O) groups is 1. The van der Waals surface area contributed by atoms with Crippen molar-refractivity contribution < 1.29 is 30.0 Å². The van der Waals surface area contributed by atoms with Crippen molar-refractivity contribution in [2.75, 3.05) is 0 Å². The van der Waals surface area contributed by atoms with Gasteiger partial charge in [0.05, 0.1) is 5.56 Å². The number of aliphatic hydroxyl groups excluding tert-OH is 1. The van der Waals surface area contributed by atoms with Crippen molar-refractivity contribution in [1.82, 2.24) is 0 Å². The minimum Gasteiger partial charge on any atom is -0.508 e. The summed E-state index contributed by atoms with van der Waals surface area (Å²) in [7, 11) is 0. The molecule has 0 saturated carbocycles. The summed E-state index contributed by atoms with van der Waals surface area (Å²) < 4.78 is 5.55. The average Bonchev–Trinajstić information content (AvgIpc) is 2.45. The molecule has 0 amide bonds. The molecule has 0 fully saturated rings. The average molecular weight is 288 g/mol. The van der Waals surface area contributed by atoms with Crippen LogP contribution in [0.4, 0.5) is 0 Å². The van der Waals surface area contributed by atoms with Gasteiger partial charge in [0, 0.05) is 6.07 Å². The molecule has 2 aromatic carbocycles. The molecule has 1 aliphatic heterocycles. The number of carbonyl (C=O) groups excluding carboxylic acids is 1. The van der Waals surface area contributed by atoms with E-state index in [0.717, 1.165) is 0 Å². The summed E-state index contributed by atoms with van der Waals surface area (Å²) in [6, 6.07) is 7.88. The Morgan fingerprint density at radius 1 is 0.952 bits per heavy atom. The molecule has 0 radical (unpaired) electrons. The lowest BCUT2D eigenvalue weighted by Gasteiger charge is -2.29. The van der Waals surface area contributed by atoms with Crippen LogP contribution in [0.15, 0.2) is 36.4 Å². The normalized spacial score (nSPS) is 20.7. The van der Waals surface area contributed by atoms with E-state index in [-0.39, 0.29) is 28.6 Å². The van der Waals surface area contributed by atoms with Crippen LogP contribution in [0.3, 0.4) is 0 Å². The highest BCUT2D eigenvalue weighted by Crippen LogP contribution is 2.38. The fourth-order valence-corrected chi connectivity index (χ4v) is 2.28. The van der Waals surface area contributed by atoms with Crippen molar-refractivity contribution >= 4 is 5.78 Å². The molecule has 0 saturated heterocycles. The number of benzene rings is 2. The summed E-state index contributed by atoms with van der Waals surface area (Å²) in [5, 5.41) is 38.3. The van der Waals surface area contributed by atoms with Gasteiger partial charge in [-0.25, -0.2) is 0 Å². The quantitative estimate of drug-likeness (QED) is 0.592. The third-order valence-corrected chi connectivity index (χ3v) is 3.37. The molecule has 1 heterocycles. The van der Waals surface area contributed by atoms with Gasteiger partial charge < -0.3 is 25.2 Å². The molecule has 0 spiro atoms. The maximum Gasteiger partial charge on any atom is 0.199 e. The highest BCUT2D eigenvalue weighted by atomic mass is 16.5. The molecule has 6 nitrogen and oxygen atoms in total. The number of hydrogen-bond acceptors (Lipinski definition) is 6. The number of hydrogen-bond donors (Lipinski definition) is 4. The number of phenolic OH excluding ortho intramolecular Hbond substituents is 3. The Morgan fingerprint density at radius 3 is 2.43 bits per heavy atom. The number of ketones is 1. The Kier molecular flexibility index (Phi) is 2.95. The van der Waals surface area contributed by atoms with E-state index in [4.69, 9.17) is 4.74 Å². The van der Waals surface area contributed by atoms with Crippen molar-refractivity contribution in [1.29, 1.82) is 0 Å². The molecule has 6 heteroatoms. The second kappa shape index (κ2) is 4.68. The van der Waals surface area contributed by atoms with Gasteiger partial charge in [0.25, 0.3) is 0 Å². The van der Waals surface area contributed by atoms with Gasteiger partial charge in [0.15, 0.2) is 29.5 Å². The minimum absolute atomic E-state index is 0.0646. The molecule has 1 unspecified atom stereocenters. The molecule has 4 N–H and O–H groups in total. The predicted molar refractivity (Wildman–Crippen MR) is 71.6 cm³/mol. The predicted octanol–water partition coefficient (Wildman–Crippen LogP) is 1.48. The Balaban J connectivity index is 2.05. The van der Waals surface area contributed by atoms with Crippen LogP contribution in [-0.2, 0) is 0 Å². The van der Waals surface area contributed by atoms with Crippen LogP contribution >= 0.6 is 0 Å². The molecule has 0 aliphatic carbocycles. The number of aromatic hydroxyl groups is 3. The molecular formula is C15H12O6. The van der Waals surface area contributed by atoms with Crippen molar-refractivity contribution in [3.63, 3.8) is 0 Å². The highest BCUT2D eigenvalue weighted by molar-refractivity contribution is 6.03. The number of Topliss-reactive ketones (excluding diaryl/α,β-unsaturated/α-hetero) is 1. The maximum atomic E-state index is 12.1. The van der Waals surface area contributed by atoms with Gasteiger partial charge in [0.1, 0.15) is 11.5 Å². The van der Waals surface area contributed by atoms with Crippen LogP contribution in [0.1, 0.15) is 22.0 Å². The molecule has 0 aromatic heterocycles. The van der Waals surface area contributed by atoms with Crippen LogP contribution in [-0.4, -0.2) is 32.3 Å². The lowest BCUT2D eigenvalue weighted by Crippen LogP contribution is -2.36. The summed E-state index contributed by atoms with van der Waals surface area (Å²) in [4.78, 5) is 12.1. The maximum absolute atomic E-state index is 12.1. The van der Waals surface area contributed by atoms with E-state index in [1.165, 1.54) is 36.4 Å². The fraction of sp³-hybridized carbons (Fsp3) is 0.133. The van der Waals surface area contributed by atoms with Gasteiger partial charge in [0.2, 0.25) is 0 Å². The van der Waals surface area contributed by atoms with E-state index < -0.39 is 18.0 Å². The van der Waals surface area contributed by atoms with Crippen molar-refractivity contribution in [3.8, 4) is 23.0 Å². The summed E-state index contributed by atoms with van der Waals surface area (Å²) in [6.45, 7) is 0. The monoisotopic (exact) mass is 288 g/mol. The van der Waals surface area contributed by atoms with Gasteiger partial charge in [-0.3, -0.25) is 4.79 Å². The number of ether oxygens (including phenoxy) is 1. The Hall–Kier alpha value is -2.73. The molecule has 3 rings (SSSR count). The Bertz CT molecular complexity index is 724. The van der Waals surface area contributed by atoms with Crippen LogP contribution in [0.5, 0.6) is 23.0 Å². The molecular weight excluding hydrogens is 276 g/mol. The van der Waals surface area contributed by atoms with Gasteiger partial charge in [-0.05, 0) is 29.8 Å². The molecule has 108 valence electrons. The first kappa shape index (κ1) is 13.3. The number of rotatable bonds is 1. The zero-order chi connectivity index (χ0) is 15.1. The van der Waals surface area contributed by atoms with E-state index in [9.17, 15) is 25.2 Å². The number of fused-ring (bicyclic) bond motifs is 1. The van der Waals surface area contributed by atoms with E-state index in [0.29, 0.717) is 5.56 Å². The van der Waals surface area contributed by atoms with E-state index in [1.807, 2.05) is 0 Å². The molecule has 2 aromatic rings. The molecule has 2 atom stereocenters. The lowest BCUT2D eigenvalue weighted by molar-refractivity contribution is 0.0215. The summed E-state index contributed by atoms with van der Waals surface area (Å²) in [5.74, 6) is -1.13. The first-order valence-corrected chi connectivity index (χ1v) is 6.21. The van der Waals surface area contributed by atoms with E-state index in [2.05, 4.69) is 0 Å². The zero-order valence-electron chi connectivity index (χ0n) is 10.7. The summed E-state index contributed by atoms with van der Waals surface area (Å²) in [5.41, 5.74) is 0.514. The van der Waals surface area contributed by atoms with E-state index >= 15 is 0 Å². The Labute approximate surface area is 119 Å². The lowest BCUT2D eigenvalue weighted by atomic mass is 9.93. The minimum atomic E-state index is -1.44. The second-order valence-electron chi connectivity index (χ2n) is 4.78.